The molecule has 0 unspecified atom stereocenters. The van der Waals surface area contributed by atoms with Gasteiger partial charge in [0.25, 0.3) is 5.56 Å². The van der Waals surface area contributed by atoms with Gasteiger partial charge in [0, 0.05) is 5.56 Å². The van der Waals surface area contributed by atoms with Crippen molar-refractivity contribution in [2.45, 2.75) is 5.16 Å². The molecule has 0 amide bonds. The highest BCUT2D eigenvalue weighted by molar-refractivity contribution is 7.98. The van der Waals surface area contributed by atoms with E-state index in [1.54, 1.807) is 0 Å². The predicted octanol–water partition coefficient (Wildman–Crippen LogP) is 4.85. The maximum absolute atomic E-state index is 12.1. The monoisotopic (exact) mass is 369 g/mol. The fourth-order valence-corrected chi connectivity index (χ4v) is 3.52. The van der Waals surface area contributed by atoms with Gasteiger partial charge in [-0.15, -0.1) is 0 Å². The second-order valence-corrected chi connectivity index (χ2v) is 6.81. The van der Waals surface area contributed by atoms with E-state index in [1.165, 1.54) is 22.5 Å². The summed E-state index contributed by atoms with van der Waals surface area (Å²) in [6.45, 7) is 0. The quantitative estimate of drug-likeness (QED) is 0.414. The van der Waals surface area contributed by atoms with E-state index in [0.717, 1.165) is 16.7 Å². The van der Waals surface area contributed by atoms with Gasteiger partial charge in [0.1, 0.15) is 11.6 Å². The summed E-state index contributed by atoms with van der Waals surface area (Å²) in [5.41, 5.74) is 3.00. The minimum absolute atomic E-state index is 0.0331. The van der Waals surface area contributed by atoms with Gasteiger partial charge in [-0.1, -0.05) is 78.5 Å². The van der Waals surface area contributed by atoms with Crippen LogP contribution in [-0.4, -0.2) is 16.2 Å². The number of aromatic nitrogens is 2. The van der Waals surface area contributed by atoms with Crippen molar-refractivity contribution >= 4 is 22.5 Å². The molecule has 0 radical (unpaired) electrons. The number of hydrogen-bond acceptors (Lipinski definition) is 4. The Bertz CT molecular complexity index is 1230. The standard InChI is InChI=1S/C22H15N3OS/c1-27-22-24-20(19(13-23)21(26)25-22)16-11-9-15(10-12-16)18-8-4-6-14-5-2-3-7-17(14)18/h2-12H,1H3,(H,24,25,26). The molecule has 1 aromatic heterocycles. The van der Waals surface area contributed by atoms with Crippen molar-refractivity contribution in [3.63, 3.8) is 0 Å². The molecular weight excluding hydrogens is 354 g/mol. The van der Waals surface area contributed by atoms with Crippen molar-refractivity contribution < 1.29 is 0 Å². The van der Waals surface area contributed by atoms with Crippen molar-refractivity contribution in [2.75, 3.05) is 6.26 Å². The van der Waals surface area contributed by atoms with Crippen molar-refractivity contribution in [1.82, 2.24) is 9.97 Å². The molecule has 4 aromatic rings. The molecule has 0 aliphatic heterocycles. The van der Waals surface area contributed by atoms with Gasteiger partial charge in [-0.3, -0.25) is 4.79 Å². The first-order valence-corrected chi connectivity index (χ1v) is 9.60. The molecule has 0 aliphatic rings. The highest BCUT2D eigenvalue weighted by atomic mass is 32.2. The molecule has 1 N–H and O–H groups in total. The molecule has 4 nitrogen and oxygen atoms in total. The van der Waals surface area contributed by atoms with Gasteiger partial charge >= 0.3 is 0 Å². The Morgan fingerprint density at radius 1 is 0.963 bits per heavy atom. The van der Waals surface area contributed by atoms with Crippen LogP contribution < -0.4 is 5.56 Å². The summed E-state index contributed by atoms with van der Waals surface area (Å²) >= 11 is 1.34. The number of nitrogens with one attached hydrogen (secondary N) is 1. The minimum atomic E-state index is -0.412. The van der Waals surface area contributed by atoms with E-state index >= 15 is 0 Å². The van der Waals surface area contributed by atoms with Crippen LogP contribution in [0.5, 0.6) is 0 Å². The van der Waals surface area contributed by atoms with E-state index in [4.69, 9.17) is 0 Å². The minimum Gasteiger partial charge on any atom is -0.300 e. The highest BCUT2D eigenvalue weighted by Gasteiger charge is 2.13. The van der Waals surface area contributed by atoms with Crippen LogP contribution in [0.3, 0.4) is 0 Å². The van der Waals surface area contributed by atoms with E-state index < -0.39 is 5.56 Å². The number of thioether (sulfide) groups is 1. The largest absolute Gasteiger partial charge is 0.300 e. The van der Waals surface area contributed by atoms with Crippen molar-refractivity contribution in [3.05, 3.63) is 82.6 Å². The molecule has 27 heavy (non-hydrogen) atoms. The molecule has 0 spiro atoms. The van der Waals surface area contributed by atoms with E-state index in [1.807, 2.05) is 54.8 Å². The SMILES string of the molecule is CSc1nc(-c2ccc(-c3cccc4ccccc34)cc2)c(C#N)c(=O)[nH]1. The van der Waals surface area contributed by atoms with E-state index in [-0.39, 0.29) is 5.56 Å². The number of aromatic amines is 1. The maximum Gasteiger partial charge on any atom is 0.270 e. The van der Waals surface area contributed by atoms with Crippen LogP contribution >= 0.6 is 11.8 Å². The maximum atomic E-state index is 12.1. The fourth-order valence-electron chi connectivity index (χ4n) is 3.15. The van der Waals surface area contributed by atoms with Crippen LogP contribution in [0.15, 0.2) is 76.7 Å². The molecule has 5 heteroatoms. The number of rotatable bonds is 3. The molecule has 4 rings (SSSR count). The first-order chi connectivity index (χ1) is 13.2. The summed E-state index contributed by atoms with van der Waals surface area (Å²) in [6.07, 6.45) is 1.83. The van der Waals surface area contributed by atoms with E-state index in [2.05, 4.69) is 34.2 Å². The van der Waals surface area contributed by atoms with Gasteiger partial charge in [-0.25, -0.2) is 4.98 Å². The zero-order valence-corrected chi connectivity index (χ0v) is 15.4. The third kappa shape index (κ3) is 3.12. The topological polar surface area (TPSA) is 69.5 Å². The number of nitrogens with zero attached hydrogens (tertiary/aromatic N) is 2. The summed E-state index contributed by atoms with van der Waals surface area (Å²) in [5.74, 6) is 0. The summed E-state index contributed by atoms with van der Waals surface area (Å²) in [5, 5.41) is 12.2. The molecule has 0 aliphatic carbocycles. The predicted molar refractivity (Wildman–Crippen MR) is 110 cm³/mol. The fraction of sp³-hybridized carbons (Fsp3) is 0.0455. The summed E-state index contributed by atoms with van der Waals surface area (Å²) in [6, 6.07) is 24.3. The normalized spacial score (nSPS) is 10.7. The molecule has 0 fully saturated rings. The Morgan fingerprint density at radius 2 is 1.67 bits per heavy atom. The molecule has 0 saturated carbocycles. The van der Waals surface area contributed by atoms with E-state index in [0.29, 0.717) is 10.9 Å². The third-order valence-corrected chi connectivity index (χ3v) is 5.04. The van der Waals surface area contributed by atoms with Gasteiger partial charge < -0.3 is 4.98 Å². The van der Waals surface area contributed by atoms with E-state index in [9.17, 15) is 10.1 Å². The van der Waals surface area contributed by atoms with Crippen molar-refractivity contribution in [1.29, 1.82) is 5.26 Å². The number of H-pyrrole nitrogens is 1. The van der Waals surface area contributed by atoms with Crippen LogP contribution in [0, 0.1) is 11.3 Å². The zero-order valence-electron chi connectivity index (χ0n) is 14.6. The highest BCUT2D eigenvalue weighted by Crippen LogP contribution is 2.30. The lowest BCUT2D eigenvalue weighted by Gasteiger charge is -2.09. The molecular formula is C22H15N3OS. The Balaban J connectivity index is 1.83. The van der Waals surface area contributed by atoms with Crippen LogP contribution in [0.2, 0.25) is 0 Å². The van der Waals surface area contributed by atoms with Gasteiger partial charge in [-0.2, -0.15) is 5.26 Å². The third-order valence-electron chi connectivity index (χ3n) is 4.46. The van der Waals surface area contributed by atoms with Gasteiger partial charge in [0.05, 0.1) is 5.69 Å². The van der Waals surface area contributed by atoms with Gasteiger partial charge in [0.2, 0.25) is 0 Å². The lowest BCUT2D eigenvalue weighted by Crippen LogP contribution is -2.14. The first kappa shape index (κ1) is 17.1. The first-order valence-electron chi connectivity index (χ1n) is 8.38. The Labute approximate surface area is 160 Å². The zero-order chi connectivity index (χ0) is 18.8. The lowest BCUT2D eigenvalue weighted by atomic mass is 9.96. The summed E-state index contributed by atoms with van der Waals surface area (Å²) in [7, 11) is 0. The smallest absolute Gasteiger partial charge is 0.270 e. The Hall–Kier alpha value is -3.36. The van der Waals surface area contributed by atoms with Crippen molar-refractivity contribution in [3.8, 4) is 28.5 Å². The second-order valence-electron chi connectivity index (χ2n) is 6.01. The molecule has 3 aromatic carbocycles. The molecule has 1 heterocycles. The summed E-state index contributed by atoms with van der Waals surface area (Å²) in [4.78, 5) is 19.2. The van der Waals surface area contributed by atoms with Crippen LogP contribution in [0.1, 0.15) is 5.56 Å². The summed E-state index contributed by atoms with van der Waals surface area (Å²) < 4.78 is 0. The van der Waals surface area contributed by atoms with Gasteiger partial charge in [-0.05, 0) is 28.2 Å². The lowest BCUT2D eigenvalue weighted by molar-refractivity contribution is 0.938. The molecule has 0 bridgehead atoms. The Kier molecular flexibility index (Phi) is 4.49. The molecule has 130 valence electrons. The average molecular weight is 369 g/mol. The second kappa shape index (κ2) is 7.10. The molecule has 0 saturated heterocycles. The number of nitriles is 1. The number of fused-ring (bicyclic) bond motifs is 1. The van der Waals surface area contributed by atoms with Crippen LogP contribution in [0.25, 0.3) is 33.2 Å². The molecule has 0 atom stereocenters. The Morgan fingerprint density at radius 3 is 2.41 bits per heavy atom. The van der Waals surface area contributed by atoms with Crippen LogP contribution in [0.4, 0.5) is 0 Å². The number of benzene rings is 3. The number of hydrogen-bond donors (Lipinski definition) is 1. The van der Waals surface area contributed by atoms with Gasteiger partial charge in [0.15, 0.2) is 5.16 Å². The van der Waals surface area contributed by atoms with Crippen LogP contribution in [-0.2, 0) is 0 Å². The van der Waals surface area contributed by atoms with Crippen molar-refractivity contribution in [2.24, 2.45) is 0 Å². The average Bonchev–Trinajstić information content (AvgIpc) is 2.73.